The van der Waals surface area contributed by atoms with Crippen molar-refractivity contribution in [1.82, 2.24) is 9.80 Å². The Labute approximate surface area is 92.7 Å². The van der Waals surface area contributed by atoms with Crippen molar-refractivity contribution in [3.63, 3.8) is 0 Å². The Morgan fingerprint density at radius 2 is 2.13 bits per heavy atom. The van der Waals surface area contributed by atoms with Crippen LogP contribution in [0.3, 0.4) is 0 Å². The lowest BCUT2D eigenvalue weighted by molar-refractivity contribution is -0.133. The molecule has 1 fully saturated rings. The first kappa shape index (κ1) is 12.2. The molecule has 0 N–H and O–H groups in total. The van der Waals surface area contributed by atoms with Crippen LogP contribution in [0.2, 0.25) is 0 Å². The van der Waals surface area contributed by atoms with Gasteiger partial charge in [0.1, 0.15) is 0 Å². The molecule has 0 aromatic heterocycles. The van der Waals surface area contributed by atoms with Crippen LogP contribution < -0.4 is 0 Å². The smallest absolute Gasteiger partial charge is 0.239 e. The van der Waals surface area contributed by atoms with Gasteiger partial charge in [-0.2, -0.15) is 0 Å². The fourth-order valence-corrected chi connectivity index (χ4v) is 1.92. The van der Waals surface area contributed by atoms with Gasteiger partial charge in [0.05, 0.1) is 6.04 Å². The van der Waals surface area contributed by atoms with Crippen LogP contribution in [0.1, 0.15) is 26.7 Å². The highest BCUT2D eigenvalue weighted by Crippen LogP contribution is 2.18. The van der Waals surface area contributed by atoms with E-state index < -0.39 is 0 Å². The van der Waals surface area contributed by atoms with Gasteiger partial charge in [0.25, 0.3) is 0 Å². The van der Waals surface area contributed by atoms with Crippen LogP contribution in [-0.2, 0) is 4.79 Å². The van der Waals surface area contributed by atoms with Crippen LogP contribution >= 0.6 is 0 Å². The summed E-state index contributed by atoms with van der Waals surface area (Å²) in [7, 11) is 3.67. The van der Waals surface area contributed by atoms with E-state index in [2.05, 4.69) is 24.8 Å². The first-order chi connectivity index (χ1) is 7.02. The van der Waals surface area contributed by atoms with Crippen molar-refractivity contribution < 1.29 is 4.79 Å². The average Bonchev–Trinajstić information content (AvgIpc) is 2.60. The van der Waals surface area contributed by atoms with E-state index in [1.165, 1.54) is 5.57 Å². The maximum absolute atomic E-state index is 11.9. The molecule has 1 rings (SSSR count). The van der Waals surface area contributed by atoms with Gasteiger partial charge in [-0.1, -0.05) is 11.6 Å². The largest absolute Gasteiger partial charge is 0.347 e. The second kappa shape index (κ2) is 5.31. The highest BCUT2D eigenvalue weighted by atomic mass is 16.2. The molecule has 1 atom stereocenters. The molecule has 86 valence electrons. The standard InChI is InChI=1S/C12H22N2O/c1-10(2)7-9-14-8-5-6-11(14)12(15)13(3)4/h7,11H,5-6,8-9H2,1-4H3/t11-/m0/s1. The number of carbonyl (C=O) groups excluding carboxylic acids is 1. The molecule has 3 heteroatoms. The molecule has 3 nitrogen and oxygen atoms in total. The SMILES string of the molecule is CC(C)=CCN1CCC[C@H]1C(=O)N(C)C. The number of allylic oxidation sites excluding steroid dienone is 1. The Balaban J connectivity index is 2.57. The van der Waals surface area contributed by atoms with Crippen molar-refractivity contribution in [2.45, 2.75) is 32.7 Å². The molecule has 15 heavy (non-hydrogen) atoms. The topological polar surface area (TPSA) is 23.6 Å². The maximum atomic E-state index is 11.9. The van der Waals surface area contributed by atoms with Crippen molar-refractivity contribution in [3.05, 3.63) is 11.6 Å². The van der Waals surface area contributed by atoms with Crippen LogP contribution in [-0.4, -0.2) is 48.9 Å². The van der Waals surface area contributed by atoms with E-state index in [0.717, 1.165) is 25.9 Å². The van der Waals surface area contributed by atoms with Crippen LogP contribution in [0.25, 0.3) is 0 Å². The summed E-state index contributed by atoms with van der Waals surface area (Å²) >= 11 is 0. The summed E-state index contributed by atoms with van der Waals surface area (Å²) in [5.41, 5.74) is 1.32. The molecule has 1 aliphatic heterocycles. The zero-order valence-electron chi connectivity index (χ0n) is 10.3. The van der Waals surface area contributed by atoms with Gasteiger partial charge < -0.3 is 4.90 Å². The number of nitrogens with zero attached hydrogens (tertiary/aromatic N) is 2. The Hall–Kier alpha value is -0.830. The molecule has 0 aromatic rings. The quantitative estimate of drug-likeness (QED) is 0.659. The first-order valence-corrected chi connectivity index (χ1v) is 5.61. The summed E-state index contributed by atoms with van der Waals surface area (Å²) in [6, 6.07) is 0.107. The van der Waals surface area contributed by atoms with Gasteiger partial charge >= 0.3 is 0 Å². The number of likely N-dealkylation sites (tertiary alicyclic amines) is 1. The lowest BCUT2D eigenvalue weighted by Crippen LogP contribution is -2.42. The van der Waals surface area contributed by atoms with E-state index >= 15 is 0 Å². The molecule has 0 radical (unpaired) electrons. The Morgan fingerprint density at radius 1 is 1.47 bits per heavy atom. The van der Waals surface area contributed by atoms with Gasteiger partial charge in [0, 0.05) is 20.6 Å². The minimum absolute atomic E-state index is 0.107. The molecule has 0 bridgehead atoms. The van der Waals surface area contributed by atoms with E-state index in [0.29, 0.717) is 0 Å². The monoisotopic (exact) mass is 210 g/mol. The van der Waals surface area contributed by atoms with Gasteiger partial charge in [-0.25, -0.2) is 0 Å². The molecule has 0 aliphatic carbocycles. The van der Waals surface area contributed by atoms with E-state index in [4.69, 9.17) is 0 Å². The second-order valence-electron chi connectivity index (χ2n) is 4.67. The molecule has 1 amide bonds. The van der Waals surface area contributed by atoms with Crippen molar-refractivity contribution in [3.8, 4) is 0 Å². The molecule has 0 aromatic carbocycles. The highest BCUT2D eigenvalue weighted by Gasteiger charge is 2.30. The fourth-order valence-electron chi connectivity index (χ4n) is 1.92. The van der Waals surface area contributed by atoms with Gasteiger partial charge in [-0.05, 0) is 33.2 Å². The summed E-state index contributed by atoms with van der Waals surface area (Å²) in [4.78, 5) is 15.8. The summed E-state index contributed by atoms with van der Waals surface area (Å²) < 4.78 is 0. The van der Waals surface area contributed by atoms with Crippen molar-refractivity contribution >= 4 is 5.91 Å². The number of hydrogen-bond donors (Lipinski definition) is 0. The number of hydrogen-bond acceptors (Lipinski definition) is 2. The summed E-state index contributed by atoms with van der Waals surface area (Å²) in [6.07, 6.45) is 4.34. The Bertz CT molecular complexity index is 254. The molecular formula is C12H22N2O. The third-order valence-electron chi connectivity index (χ3n) is 2.82. The van der Waals surface area contributed by atoms with E-state index in [1.807, 2.05) is 14.1 Å². The fraction of sp³-hybridized carbons (Fsp3) is 0.750. The maximum Gasteiger partial charge on any atom is 0.239 e. The van der Waals surface area contributed by atoms with Gasteiger partial charge in [-0.15, -0.1) is 0 Å². The third kappa shape index (κ3) is 3.34. The normalized spacial score (nSPS) is 21.5. The zero-order chi connectivity index (χ0) is 11.4. The third-order valence-corrected chi connectivity index (χ3v) is 2.82. The van der Waals surface area contributed by atoms with E-state index in [9.17, 15) is 4.79 Å². The van der Waals surface area contributed by atoms with Crippen molar-refractivity contribution in [2.24, 2.45) is 0 Å². The summed E-state index contributed by atoms with van der Waals surface area (Å²) in [5.74, 6) is 0.245. The second-order valence-corrected chi connectivity index (χ2v) is 4.67. The van der Waals surface area contributed by atoms with Crippen molar-refractivity contribution in [1.29, 1.82) is 0 Å². The number of likely N-dealkylation sites (N-methyl/N-ethyl adjacent to an activating group) is 1. The number of carbonyl (C=O) groups is 1. The predicted octanol–water partition coefficient (Wildman–Crippen LogP) is 1.51. The van der Waals surface area contributed by atoms with E-state index in [1.54, 1.807) is 4.90 Å². The predicted molar refractivity (Wildman–Crippen MR) is 62.7 cm³/mol. The molecule has 0 unspecified atom stereocenters. The highest BCUT2D eigenvalue weighted by molar-refractivity contribution is 5.81. The summed E-state index contributed by atoms with van der Waals surface area (Å²) in [6.45, 7) is 6.15. The molecule has 1 aliphatic rings. The minimum Gasteiger partial charge on any atom is -0.347 e. The zero-order valence-corrected chi connectivity index (χ0v) is 10.3. The van der Waals surface area contributed by atoms with Gasteiger partial charge in [0.15, 0.2) is 0 Å². The van der Waals surface area contributed by atoms with Crippen molar-refractivity contribution in [2.75, 3.05) is 27.2 Å². The average molecular weight is 210 g/mol. The van der Waals surface area contributed by atoms with E-state index in [-0.39, 0.29) is 11.9 Å². The first-order valence-electron chi connectivity index (χ1n) is 5.61. The van der Waals surface area contributed by atoms with Crippen LogP contribution in [0, 0.1) is 0 Å². The van der Waals surface area contributed by atoms with Crippen LogP contribution in [0.4, 0.5) is 0 Å². The molecule has 1 heterocycles. The molecule has 0 saturated carbocycles. The number of rotatable bonds is 3. The summed E-state index contributed by atoms with van der Waals surface area (Å²) in [5, 5.41) is 0. The van der Waals surface area contributed by atoms with Crippen LogP contribution in [0.15, 0.2) is 11.6 Å². The van der Waals surface area contributed by atoms with Gasteiger partial charge in [-0.3, -0.25) is 9.69 Å². The number of amides is 1. The Morgan fingerprint density at radius 3 is 2.67 bits per heavy atom. The Kier molecular flexibility index (Phi) is 4.33. The lowest BCUT2D eigenvalue weighted by Gasteiger charge is -2.25. The molecular weight excluding hydrogens is 188 g/mol. The minimum atomic E-state index is 0.107. The van der Waals surface area contributed by atoms with Gasteiger partial charge in [0.2, 0.25) is 5.91 Å². The van der Waals surface area contributed by atoms with Crippen LogP contribution in [0.5, 0.6) is 0 Å². The lowest BCUT2D eigenvalue weighted by atomic mass is 10.2. The molecule has 0 spiro atoms. The molecule has 1 saturated heterocycles.